The lowest BCUT2D eigenvalue weighted by atomic mass is 9.88. The molecule has 2 heterocycles. The zero-order valence-corrected chi connectivity index (χ0v) is 25.7. The summed E-state index contributed by atoms with van der Waals surface area (Å²) in [7, 11) is 0. The maximum Gasteiger partial charge on any atom is 0.160 e. The molecule has 0 radical (unpaired) electrons. The Morgan fingerprint density at radius 3 is 2.10 bits per heavy atom. The molecule has 0 unspecified atom stereocenters. The maximum absolute atomic E-state index is 9.19. The second kappa shape index (κ2) is 11.3. The minimum Gasteiger partial charge on any atom is -0.456 e. The van der Waals surface area contributed by atoms with E-state index in [0.29, 0.717) is 17.2 Å². The van der Waals surface area contributed by atoms with Gasteiger partial charge in [0.15, 0.2) is 5.82 Å². The molecule has 48 heavy (non-hydrogen) atoms. The van der Waals surface area contributed by atoms with E-state index in [1.165, 1.54) is 0 Å². The zero-order valence-electron chi connectivity index (χ0n) is 25.7. The van der Waals surface area contributed by atoms with Crippen molar-refractivity contribution in [1.82, 2.24) is 9.97 Å². The number of nitrogens with zero attached hydrogens (tertiary/aromatic N) is 3. The predicted octanol–water partition coefficient (Wildman–Crippen LogP) is 10.4. The molecule has 9 rings (SSSR count). The first kappa shape index (κ1) is 27.6. The second-order valence-corrected chi connectivity index (χ2v) is 11.8. The summed E-state index contributed by atoms with van der Waals surface area (Å²) in [5.41, 5.74) is 12.9. The van der Waals surface area contributed by atoms with Gasteiger partial charge in [0, 0.05) is 33.0 Å². The van der Waals surface area contributed by atoms with Crippen molar-refractivity contribution in [1.29, 1.82) is 5.41 Å². The van der Waals surface area contributed by atoms with Crippen molar-refractivity contribution in [3.8, 4) is 33.9 Å². The predicted molar refractivity (Wildman–Crippen MR) is 196 cm³/mol. The Bertz CT molecular complexity index is 2600. The van der Waals surface area contributed by atoms with Crippen LogP contribution < -0.4 is 5.43 Å². The lowest BCUT2D eigenvalue weighted by Crippen LogP contribution is -2.18. The number of rotatable bonds is 5. The number of allylic oxidation sites excluding steroid dienone is 1. The number of hydrogen-bond acceptors (Lipinski definition) is 6. The first-order valence-electron chi connectivity index (χ1n) is 15.8. The highest BCUT2D eigenvalue weighted by Gasteiger charge is 2.20. The maximum atomic E-state index is 9.19. The van der Waals surface area contributed by atoms with Gasteiger partial charge in [-0.25, -0.2) is 9.97 Å². The summed E-state index contributed by atoms with van der Waals surface area (Å²) >= 11 is 0. The van der Waals surface area contributed by atoms with Crippen LogP contribution in [-0.2, 0) is 0 Å². The highest BCUT2D eigenvalue weighted by Crippen LogP contribution is 2.35. The number of furan rings is 1. The summed E-state index contributed by atoms with van der Waals surface area (Å²) in [4.78, 5) is 10.2. The summed E-state index contributed by atoms with van der Waals surface area (Å²) in [5.74, 6) is 0.612. The van der Waals surface area contributed by atoms with E-state index in [1.807, 2.05) is 91.0 Å². The van der Waals surface area contributed by atoms with Gasteiger partial charge in [0.2, 0.25) is 0 Å². The molecule has 8 aromatic rings. The second-order valence-electron chi connectivity index (χ2n) is 11.8. The molecule has 0 saturated carbocycles. The van der Waals surface area contributed by atoms with Crippen LogP contribution in [0.15, 0.2) is 155 Å². The monoisotopic (exact) mass is 617 g/mol. The first-order chi connectivity index (χ1) is 23.7. The molecular weight excluding hydrogens is 590 g/mol. The topological polar surface area (TPSA) is 87.2 Å². The van der Waals surface area contributed by atoms with Gasteiger partial charge in [0.1, 0.15) is 16.9 Å². The minimum atomic E-state index is 0.360. The van der Waals surface area contributed by atoms with Crippen molar-refractivity contribution >= 4 is 55.9 Å². The van der Waals surface area contributed by atoms with E-state index in [2.05, 4.69) is 71.2 Å². The molecule has 1 aliphatic rings. The molecule has 1 aliphatic carbocycles. The van der Waals surface area contributed by atoms with Gasteiger partial charge in [-0.05, 0) is 70.9 Å². The number of benzene rings is 6. The van der Waals surface area contributed by atoms with E-state index < -0.39 is 0 Å². The Kier molecular flexibility index (Phi) is 6.50. The molecule has 0 amide bonds. The van der Waals surface area contributed by atoms with Crippen molar-refractivity contribution in [3.05, 3.63) is 157 Å². The summed E-state index contributed by atoms with van der Waals surface area (Å²) in [6.07, 6.45) is 3.90. The third-order valence-corrected chi connectivity index (χ3v) is 8.79. The molecule has 6 heteroatoms. The molecule has 2 aromatic heterocycles. The molecule has 0 aliphatic heterocycles. The number of para-hydroxylation sites is 2. The van der Waals surface area contributed by atoms with Crippen LogP contribution in [0.2, 0.25) is 0 Å². The number of nitrogens with one attached hydrogen (secondary N) is 2. The van der Waals surface area contributed by atoms with Crippen LogP contribution in [0.3, 0.4) is 0 Å². The molecule has 226 valence electrons. The van der Waals surface area contributed by atoms with E-state index in [9.17, 15) is 5.41 Å². The van der Waals surface area contributed by atoms with Crippen molar-refractivity contribution in [2.75, 3.05) is 5.43 Å². The number of anilines is 1. The number of fused-ring (bicyclic) bond motifs is 6. The van der Waals surface area contributed by atoms with Crippen LogP contribution in [0.5, 0.6) is 0 Å². The third kappa shape index (κ3) is 4.84. The fourth-order valence-corrected chi connectivity index (χ4v) is 6.37. The Morgan fingerprint density at radius 2 is 1.25 bits per heavy atom. The van der Waals surface area contributed by atoms with Crippen LogP contribution >= 0.6 is 0 Å². The molecule has 0 spiro atoms. The fourth-order valence-electron chi connectivity index (χ4n) is 6.37. The van der Waals surface area contributed by atoms with Gasteiger partial charge in [-0.15, -0.1) is 0 Å². The largest absolute Gasteiger partial charge is 0.456 e. The highest BCUT2D eigenvalue weighted by atomic mass is 16.3. The van der Waals surface area contributed by atoms with E-state index in [4.69, 9.17) is 14.4 Å². The van der Waals surface area contributed by atoms with Crippen LogP contribution in [0, 0.1) is 5.41 Å². The van der Waals surface area contributed by atoms with Crippen molar-refractivity contribution in [2.24, 2.45) is 5.10 Å². The average molecular weight is 618 g/mol. The summed E-state index contributed by atoms with van der Waals surface area (Å²) in [5, 5.41) is 17.9. The van der Waals surface area contributed by atoms with Gasteiger partial charge in [0.05, 0.1) is 22.8 Å². The van der Waals surface area contributed by atoms with Gasteiger partial charge >= 0.3 is 0 Å². The van der Waals surface area contributed by atoms with Gasteiger partial charge in [-0.2, -0.15) is 5.10 Å². The first-order valence-corrected chi connectivity index (χ1v) is 15.8. The SMILES string of the molecule is N=C1/C(=N\Nc2ccccc2)C=Cc2ccc3ccc(-c4nc(-c5ccccc5)cc(-c5ccc6oc7ccccc7c6c5)n4)cc3c21. The lowest BCUT2D eigenvalue weighted by molar-refractivity contribution is 0.669. The highest BCUT2D eigenvalue weighted by molar-refractivity contribution is 6.55. The molecule has 0 bridgehead atoms. The normalized spacial score (nSPS) is 13.4. The molecular formula is C42H27N5O. The van der Waals surface area contributed by atoms with Crippen molar-refractivity contribution in [3.63, 3.8) is 0 Å². The molecule has 0 saturated heterocycles. The van der Waals surface area contributed by atoms with E-state index >= 15 is 0 Å². The van der Waals surface area contributed by atoms with Crippen LogP contribution in [0.4, 0.5) is 5.69 Å². The van der Waals surface area contributed by atoms with Crippen LogP contribution in [0.25, 0.3) is 72.7 Å². The quantitative estimate of drug-likeness (QED) is 0.188. The number of aromatic nitrogens is 2. The Labute approximate surface area is 276 Å². The standard InChI is InChI=1S/C42H27N5O/c43-41-35(47-46-31-11-5-2-6-12-31)21-19-28-17-15-26-16-18-30(24-33(26)40(28)41)42-44-36(27-9-3-1-4-10-27)25-37(45-42)29-20-22-39-34(23-29)32-13-7-8-14-38(32)48-39/h1-25,43,46H/b43-41?,47-35-. The minimum absolute atomic E-state index is 0.360. The Morgan fingerprint density at radius 1 is 0.562 bits per heavy atom. The van der Waals surface area contributed by atoms with Gasteiger partial charge in [-0.1, -0.05) is 97.1 Å². The summed E-state index contributed by atoms with van der Waals surface area (Å²) in [6, 6.07) is 46.7. The Hall–Kier alpha value is -6.66. The molecule has 6 nitrogen and oxygen atoms in total. The average Bonchev–Trinajstić information content (AvgIpc) is 3.53. The molecule has 2 N–H and O–H groups in total. The van der Waals surface area contributed by atoms with Crippen LogP contribution in [0.1, 0.15) is 11.1 Å². The molecule has 0 atom stereocenters. The van der Waals surface area contributed by atoms with Gasteiger partial charge in [0.25, 0.3) is 0 Å². The van der Waals surface area contributed by atoms with E-state index in [0.717, 1.165) is 77.6 Å². The van der Waals surface area contributed by atoms with E-state index in [-0.39, 0.29) is 0 Å². The number of hydrogen-bond donors (Lipinski definition) is 2. The molecule has 6 aromatic carbocycles. The smallest absolute Gasteiger partial charge is 0.160 e. The lowest BCUT2D eigenvalue weighted by Gasteiger charge is -2.17. The zero-order chi connectivity index (χ0) is 32.0. The van der Waals surface area contributed by atoms with E-state index in [1.54, 1.807) is 0 Å². The van der Waals surface area contributed by atoms with Crippen molar-refractivity contribution < 1.29 is 4.42 Å². The van der Waals surface area contributed by atoms with Crippen molar-refractivity contribution in [2.45, 2.75) is 0 Å². The summed E-state index contributed by atoms with van der Waals surface area (Å²) < 4.78 is 6.10. The third-order valence-electron chi connectivity index (χ3n) is 8.79. The van der Waals surface area contributed by atoms with Gasteiger partial charge in [-0.3, -0.25) is 10.8 Å². The van der Waals surface area contributed by atoms with Gasteiger partial charge < -0.3 is 4.42 Å². The van der Waals surface area contributed by atoms with Crippen LogP contribution in [-0.4, -0.2) is 21.4 Å². The number of hydrazone groups is 1. The fraction of sp³-hybridized carbons (Fsp3) is 0. The Balaban J connectivity index is 1.18. The summed E-state index contributed by atoms with van der Waals surface area (Å²) in [6.45, 7) is 0. The molecule has 0 fully saturated rings.